The largest absolute Gasteiger partial charge is 0.472 e. The fourth-order valence-corrected chi connectivity index (χ4v) is 4.89. The minimum atomic E-state index is -4.50. The van der Waals surface area contributed by atoms with Crippen LogP contribution in [0, 0.1) is 0 Å². The van der Waals surface area contributed by atoms with E-state index in [1.807, 2.05) is 0 Å². The molecule has 0 saturated carbocycles. The minimum absolute atomic E-state index is 0.0451. The second-order valence-corrected chi connectivity index (χ2v) is 12.3. The lowest BCUT2D eigenvalue weighted by Crippen LogP contribution is -2.29. The average molecular weight is 621 g/mol. The van der Waals surface area contributed by atoms with E-state index in [4.69, 9.17) is 19.1 Å². The molecule has 0 spiro atoms. The smallest absolute Gasteiger partial charge is 0.457 e. The van der Waals surface area contributed by atoms with E-state index >= 15 is 0 Å². The second kappa shape index (κ2) is 30.0. The molecule has 3 atom stereocenters. The number of aliphatic hydroxyl groups is 2. The highest BCUT2D eigenvalue weighted by atomic mass is 31.2. The number of carbonyl (C=O) groups excluding carboxylic acids is 1. The fraction of sp³-hybridized carbons (Fsp3) is 0.844. The van der Waals surface area contributed by atoms with Gasteiger partial charge in [0.2, 0.25) is 0 Å². The third-order valence-corrected chi connectivity index (χ3v) is 7.57. The Bertz CT molecular complexity index is 714. The Morgan fingerprint density at radius 1 is 0.738 bits per heavy atom. The Labute approximate surface area is 255 Å². The van der Waals surface area contributed by atoms with Crippen molar-refractivity contribution in [3.63, 3.8) is 0 Å². The first-order chi connectivity index (χ1) is 20.3. The van der Waals surface area contributed by atoms with Gasteiger partial charge in [-0.05, 0) is 38.5 Å². The van der Waals surface area contributed by atoms with E-state index in [-0.39, 0.29) is 19.6 Å². The van der Waals surface area contributed by atoms with Crippen molar-refractivity contribution >= 4 is 13.8 Å². The number of ether oxygens (including phenoxy) is 2. The van der Waals surface area contributed by atoms with E-state index in [9.17, 15) is 19.4 Å². The van der Waals surface area contributed by atoms with Crippen LogP contribution in [0.25, 0.3) is 0 Å². The normalized spacial score (nSPS) is 14.9. The van der Waals surface area contributed by atoms with Crippen molar-refractivity contribution in [3.8, 4) is 0 Å². The van der Waals surface area contributed by atoms with Gasteiger partial charge in [0.05, 0.1) is 26.4 Å². The molecule has 3 unspecified atom stereocenters. The zero-order chi connectivity index (χ0) is 31.2. The molecule has 0 heterocycles. The number of aliphatic hydroxyl groups excluding tert-OH is 2. The van der Waals surface area contributed by atoms with Crippen molar-refractivity contribution in [1.82, 2.24) is 0 Å². The van der Waals surface area contributed by atoms with E-state index in [0.717, 1.165) is 64.2 Å². The number of phosphoric acid groups is 1. The number of esters is 1. The molecule has 0 aromatic rings. The molecule has 10 heteroatoms. The number of rotatable bonds is 31. The van der Waals surface area contributed by atoms with Crippen molar-refractivity contribution < 1.29 is 43.0 Å². The maximum atomic E-state index is 12.4. The number of hydrogen-bond donors (Lipinski definition) is 3. The molecule has 42 heavy (non-hydrogen) atoms. The van der Waals surface area contributed by atoms with Crippen LogP contribution in [0.4, 0.5) is 0 Å². The lowest BCUT2D eigenvalue weighted by molar-refractivity contribution is -0.154. The second-order valence-electron chi connectivity index (χ2n) is 10.8. The van der Waals surface area contributed by atoms with Crippen LogP contribution in [0.2, 0.25) is 0 Å². The van der Waals surface area contributed by atoms with Gasteiger partial charge in [-0.3, -0.25) is 13.8 Å². The summed E-state index contributed by atoms with van der Waals surface area (Å²) in [5.41, 5.74) is 0. The number of phosphoric ester groups is 1. The summed E-state index contributed by atoms with van der Waals surface area (Å²) in [6.07, 6.45) is 25.7. The summed E-state index contributed by atoms with van der Waals surface area (Å²) in [4.78, 5) is 22.3. The molecule has 0 aromatic carbocycles. The predicted molar refractivity (Wildman–Crippen MR) is 168 cm³/mol. The Hall–Kier alpha value is -1.06. The zero-order valence-corrected chi connectivity index (χ0v) is 27.4. The van der Waals surface area contributed by atoms with Crippen molar-refractivity contribution in [1.29, 1.82) is 0 Å². The summed E-state index contributed by atoms with van der Waals surface area (Å²) in [6.45, 7) is 3.38. The maximum Gasteiger partial charge on any atom is 0.472 e. The first kappa shape index (κ1) is 40.9. The van der Waals surface area contributed by atoms with Crippen LogP contribution in [-0.2, 0) is 27.9 Å². The number of unbranched alkanes of at least 4 members (excludes halogenated alkanes) is 13. The highest BCUT2D eigenvalue weighted by Crippen LogP contribution is 2.43. The van der Waals surface area contributed by atoms with E-state index in [1.54, 1.807) is 0 Å². The van der Waals surface area contributed by atoms with Gasteiger partial charge in [0.1, 0.15) is 12.2 Å². The summed E-state index contributed by atoms with van der Waals surface area (Å²) in [7, 11) is -4.50. The van der Waals surface area contributed by atoms with Crippen LogP contribution >= 0.6 is 7.82 Å². The molecule has 0 rings (SSSR count). The molecular weight excluding hydrogens is 559 g/mol. The fourth-order valence-electron chi connectivity index (χ4n) is 4.10. The van der Waals surface area contributed by atoms with Crippen LogP contribution in [0.1, 0.15) is 129 Å². The van der Waals surface area contributed by atoms with Gasteiger partial charge in [0.25, 0.3) is 0 Å². The number of hydrogen-bond acceptors (Lipinski definition) is 8. The molecule has 0 amide bonds. The maximum absolute atomic E-state index is 12.4. The predicted octanol–water partition coefficient (Wildman–Crippen LogP) is 7.58. The van der Waals surface area contributed by atoms with Crippen LogP contribution in [0.5, 0.6) is 0 Å². The highest BCUT2D eigenvalue weighted by Gasteiger charge is 2.26. The van der Waals surface area contributed by atoms with Crippen molar-refractivity contribution in [2.24, 2.45) is 0 Å². The molecule has 0 aliphatic heterocycles. The van der Waals surface area contributed by atoms with E-state index in [2.05, 4.69) is 42.7 Å². The monoisotopic (exact) mass is 620 g/mol. The topological polar surface area (TPSA) is 132 Å². The Morgan fingerprint density at radius 3 is 2.00 bits per heavy atom. The standard InChI is InChI=1S/C32H61O9P/c1-3-5-7-9-11-13-14-15-16-17-18-20-22-24-32(35)41-31(29-40-42(36,37)39-27-30(34)26-33)28-38-25-23-21-19-12-10-8-6-4-2/h7,9,13-14,30-31,33-34H,3-6,8,10-12,15-29H2,1-2H3,(H,36,37)/b9-7-,14-13-. The molecular formula is C32H61O9P. The van der Waals surface area contributed by atoms with Gasteiger partial charge in [0, 0.05) is 13.0 Å². The zero-order valence-electron chi connectivity index (χ0n) is 26.5. The van der Waals surface area contributed by atoms with E-state index in [0.29, 0.717) is 13.0 Å². The summed E-state index contributed by atoms with van der Waals surface area (Å²) < 4.78 is 33.0. The van der Waals surface area contributed by atoms with Gasteiger partial charge in [-0.25, -0.2) is 4.57 Å². The Kier molecular flexibility index (Phi) is 29.2. The minimum Gasteiger partial charge on any atom is -0.457 e. The van der Waals surface area contributed by atoms with Crippen LogP contribution in [0.3, 0.4) is 0 Å². The van der Waals surface area contributed by atoms with Gasteiger partial charge in [0.15, 0.2) is 0 Å². The lowest BCUT2D eigenvalue weighted by atomic mass is 10.1. The molecule has 0 bridgehead atoms. The van der Waals surface area contributed by atoms with Crippen molar-refractivity contribution in [3.05, 3.63) is 24.3 Å². The Morgan fingerprint density at radius 2 is 1.33 bits per heavy atom. The Balaban J connectivity index is 4.32. The van der Waals surface area contributed by atoms with Crippen LogP contribution < -0.4 is 0 Å². The quantitative estimate of drug-likeness (QED) is 0.0311. The molecule has 0 radical (unpaired) electrons. The highest BCUT2D eigenvalue weighted by molar-refractivity contribution is 7.47. The van der Waals surface area contributed by atoms with Crippen molar-refractivity contribution in [2.45, 2.75) is 142 Å². The first-order valence-corrected chi connectivity index (χ1v) is 17.8. The molecule has 0 aromatic heterocycles. The summed E-state index contributed by atoms with van der Waals surface area (Å²) in [6, 6.07) is 0. The first-order valence-electron chi connectivity index (χ1n) is 16.3. The summed E-state index contributed by atoms with van der Waals surface area (Å²) >= 11 is 0. The third-order valence-electron chi connectivity index (χ3n) is 6.62. The van der Waals surface area contributed by atoms with Gasteiger partial charge < -0.3 is 24.6 Å². The van der Waals surface area contributed by atoms with Crippen LogP contribution in [-0.4, -0.2) is 66.3 Å². The lowest BCUT2D eigenvalue weighted by Gasteiger charge is -2.20. The van der Waals surface area contributed by atoms with Gasteiger partial charge in [-0.1, -0.05) is 109 Å². The van der Waals surface area contributed by atoms with Gasteiger partial charge >= 0.3 is 13.8 Å². The van der Waals surface area contributed by atoms with Crippen LogP contribution in [0.15, 0.2) is 24.3 Å². The molecule has 0 aliphatic carbocycles. The molecule has 9 nitrogen and oxygen atoms in total. The molecule has 3 N–H and O–H groups in total. The van der Waals surface area contributed by atoms with Gasteiger partial charge in [-0.15, -0.1) is 0 Å². The third kappa shape index (κ3) is 29.0. The summed E-state index contributed by atoms with van der Waals surface area (Å²) in [5.74, 6) is -0.400. The summed E-state index contributed by atoms with van der Waals surface area (Å²) in [5, 5.41) is 18.2. The van der Waals surface area contributed by atoms with E-state index in [1.165, 1.54) is 38.5 Å². The SMILES string of the molecule is CCC/C=C\C/C=C\CCCCCCCC(=O)OC(COCCCCCCCCCC)COP(=O)(O)OCC(O)CO. The van der Waals surface area contributed by atoms with E-state index < -0.39 is 39.2 Å². The number of allylic oxidation sites excluding steroid dienone is 4. The van der Waals surface area contributed by atoms with Crippen molar-refractivity contribution in [2.75, 3.05) is 33.0 Å². The molecule has 0 aliphatic rings. The number of carbonyl (C=O) groups is 1. The van der Waals surface area contributed by atoms with Gasteiger partial charge in [-0.2, -0.15) is 0 Å². The average Bonchev–Trinajstić information content (AvgIpc) is 2.97. The molecule has 248 valence electrons. The molecule has 0 fully saturated rings. The molecule has 0 saturated heterocycles.